The number of likely N-dealkylation sites (tertiary alicyclic amines) is 2. The summed E-state index contributed by atoms with van der Waals surface area (Å²) >= 11 is 0. The van der Waals surface area contributed by atoms with Gasteiger partial charge in [0.1, 0.15) is 5.75 Å². The second-order valence-corrected chi connectivity index (χ2v) is 8.76. The number of rotatable bonds is 6. The second-order valence-electron chi connectivity index (χ2n) is 8.76. The fourth-order valence-corrected chi connectivity index (χ4v) is 4.19. The second kappa shape index (κ2) is 9.49. The lowest BCUT2D eigenvalue weighted by Crippen LogP contribution is -2.49. The van der Waals surface area contributed by atoms with Crippen molar-refractivity contribution in [1.29, 1.82) is 0 Å². The average molecular weight is 416 g/mol. The number of amides is 3. The molecular weight excluding hydrogens is 382 g/mol. The van der Waals surface area contributed by atoms with E-state index in [0.717, 1.165) is 29.7 Å². The van der Waals surface area contributed by atoms with E-state index in [9.17, 15) is 14.4 Å². The number of piperidine rings is 1. The van der Waals surface area contributed by atoms with Gasteiger partial charge in [0.25, 0.3) is 5.91 Å². The Hall–Kier alpha value is -2.57. The quantitative estimate of drug-likeness (QED) is 0.771. The van der Waals surface area contributed by atoms with Gasteiger partial charge in [-0.05, 0) is 52.2 Å². The Morgan fingerprint density at radius 3 is 2.50 bits per heavy atom. The van der Waals surface area contributed by atoms with E-state index in [1.807, 2.05) is 45.9 Å². The predicted octanol–water partition coefficient (Wildman–Crippen LogP) is 2.05. The summed E-state index contributed by atoms with van der Waals surface area (Å²) in [5.41, 5.74) is 2.18. The third-order valence-electron chi connectivity index (χ3n) is 6.03. The fourth-order valence-electron chi connectivity index (χ4n) is 4.19. The van der Waals surface area contributed by atoms with E-state index in [-0.39, 0.29) is 48.8 Å². The summed E-state index contributed by atoms with van der Waals surface area (Å²) in [6, 6.07) is 6.07. The lowest BCUT2D eigenvalue weighted by molar-refractivity contribution is -0.134. The lowest BCUT2D eigenvalue weighted by Gasteiger charge is -2.33. The molecule has 30 heavy (non-hydrogen) atoms. The van der Waals surface area contributed by atoms with Gasteiger partial charge in [-0.25, -0.2) is 0 Å². The minimum absolute atomic E-state index is 0.0240. The molecule has 0 bridgehead atoms. The van der Waals surface area contributed by atoms with Crippen LogP contribution in [0.3, 0.4) is 0 Å². The Balaban J connectivity index is 1.41. The average Bonchev–Trinajstić information content (AvgIpc) is 3.10. The number of benzene rings is 1. The summed E-state index contributed by atoms with van der Waals surface area (Å²) in [4.78, 5) is 40.7. The predicted molar refractivity (Wildman–Crippen MR) is 114 cm³/mol. The van der Waals surface area contributed by atoms with Crippen LogP contribution in [-0.4, -0.2) is 65.8 Å². The molecule has 0 radical (unpaired) electrons. The smallest absolute Gasteiger partial charge is 0.260 e. The molecule has 2 aliphatic rings. The van der Waals surface area contributed by atoms with Gasteiger partial charge in [0, 0.05) is 38.1 Å². The molecule has 0 aliphatic carbocycles. The molecule has 164 valence electrons. The highest BCUT2D eigenvalue weighted by atomic mass is 16.5. The largest absolute Gasteiger partial charge is 0.484 e. The van der Waals surface area contributed by atoms with Crippen molar-refractivity contribution in [3.63, 3.8) is 0 Å². The van der Waals surface area contributed by atoms with Gasteiger partial charge in [-0.1, -0.05) is 17.7 Å². The molecule has 2 saturated heterocycles. The van der Waals surface area contributed by atoms with Crippen LogP contribution >= 0.6 is 0 Å². The number of ether oxygens (including phenoxy) is 1. The maximum atomic E-state index is 12.6. The van der Waals surface area contributed by atoms with E-state index < -0.39 is 0 Å². The standard InChI is InChI=1S/C23H33N3O4/c1-15(2)26-13-18(12-21(26)27)23(29)24-19-7-9-25(10-8-19)22(28)14-30-20-6-5-16(3)11-17(20)4/h5-6,11,15,18-19H,7-10,12-14H2,1-4H3,(H,24,29). The van der Waals surface area contributed by atoms with Crippen molar-refractivity contribution in [2.24, 2.45) is 5.92 Å². The number of hydrogen-bond donors (Lipinski definition) is 1. The maximum Gasteiger partial charge on any atom is 0.260 e. The highest BCUT2D eigenvalue weighted by Crippen LogP contribution is 2.22. The van der Waals surface area contributed by atoms with E-state index >= 15 is 0 Å². The number of carbonyl (C=O) groups is 3. The van der Waals surface area contributed by atoms with Crippen molar-refractivity contribution in [2.45, 2.75) is 59.0 Å². The Kier molecular flexibility index (Phi) is 7.00. The van der Waals surface area contributed by atoms with Crippen molar-refractivity contribution >= 4 is 17.7 Å². The number of hydrogen-bond acceptors (Lipinski definition) is 4. The number of carbonyl (C=O) groups excluding carboxylic acids is 3. The summed E-state index contributed by atoms with van der Waals surface area (Å²) in [5, 5.41) is 3.08. The van der Waals surface area contributed by atoms with Crippen molar-refractivity contribution in [3.8, 4) is 5.75 Å². The van der Waals surface area contributed by atoms with Crippen LogP contribution in [0.2, 0.25) is 0 Å². The van der Waals surface area contributed by atoms with Gasteiger partial charge in [-0.3, -0.25) is 14.4 Å². The Labute approximate surface area is 178 Å². The van der Waals surface area contributed by atoms with Crippen LogP contribution in [0.25, 0.3) is 0 Å². The Morgan fingerprint density at radius 2 is 1.90 bits per heavy atom. The van der Waals surface area contributed by atoms with Crippen molar-refractivity contribution in [1.82, 2.24) is 15.1 Å². The third-order valence-corrected chi connectivity index (χ3v) is 6.03. The fraction of sp³-hybridized carbons (Fsp3) is 0.609. The van der Waals surface area contributed by atoms with Crippen molar-refractivity contribution in [2.75, 3.05) is 26.2 Å². The van der Waals surface area contributed by atoms with Gasteiger partial charge in [0.15, 0.2) is 6.61 Å². The molecule has 3 amide bonds. The van der Waals surface area contributed by atoms with E-state index in [1.54, 1.807) is 9.80 Å². The maximum absolute atomic E-state index is 12.6. The summed E-state index contributed by atoms with van der Waals surface area (Å²) in [6.07, 6.45) is 1.72. The molecule has 1 aromatic carbocycles. The van der Waals surface area contributed by atoms with Crippen LogP contribution in [0.4, 0.5) is 0 Å². The van der Waals surface area contributed by atoms with Gasteiger partial charge in [0.05, 0.1) is 5.92 Å². The summed E-state index contributed by atoms with van der Waals surface area (Å²) in [5.74, 6) is 0.431. The molecule has 2 aliphatic heterocycles. The number of nitrogens with one attached hydrogen (secondary N) is 1. The molecule has 0 saturated carbocycles. The summed E-state index contributed by atoms with van der Waals surface area (Å²) in [7, 11) is 0. The zero-order chi connectivity index (χ0) is 21.8. The van der Waals surface area contributed by atoms with E-state index in [0.29, 0.717) is 19.6 Å². The van der Waals surface area contributed by atoms with Crippen molar-refractivity contribution in [3.05, 3.63) is 29.3 Å². The third kappa shape index (κ3) is 5.32. The minimum atomic E-state index is -0.272. The first-order valence-electron chi connectivity index (χ1n) is 10.8. The van der Waals surface area contributed by atoms with E-state index in [4.69, 9.17) is 4.74 Å². The molecule has 7 heteroatoms. The molecule has 1 aromatic rings. The zero-order valence-corrected chi connectivity index (χ0v) is 18.4. The van der Waals surface area contributed by atoms with Gasteiger partial charge in [-0.15, -0.1) is 0 Å². The van der Waals surface area contributed by atoms with Crippen LogP contribution < -0.4 is 10.1 Å². The molecule has 1 atom stereocenters. The molecule has 2 heterocycles. The van der Waals surface area contributed by atoms with Crippen LogP contribution in [0.15, 0.2) is 18.2 Å². The summed E-state index contributed by atoms with van der Waals surface area (Å²) < 4.78 is 5.71. The van der Waals surface area contributed by atoms with Gasteiger partial charge < -0.3 is 19.9 Å². The van der Waals surface area contributed by atoms with Crippen LogP contribution in [0.5, 0.6) is 5.75 Å². The zero-order valence-electron chi connectivity index (χ0n) is 18.4. The number of nitrogens with zero attached hydrogens (tertiary/aromatic N) is 2. The molecule has 2 fully saturated rings. The lowest BCUT2D eigenvalue weighted by atomic mass is 10.0. The SMILES string of the molecule is Cc1ccc(OCC(=O)N2CCC(NC(=O)C3CC(=O)N(C(C)C)C3)CC2)c(C)c1. The van der Waals surface area contributed by atoms with Crippen LogP contribution in [-0.2, 0) is 14.4 Å². The highest BCUT2D eigenvalue weighted by Gasteiger charge is 2.36. The first-order valence-corrected chi connectivity index (χ1v) is 10.8. The van der Waals surface area contributed by atoms with Crippen LogP contribution in [0, 0.1) is 19.8 Å². The van der Waals surface area contributed by atoms with Gasteiger partial charge in [0.2, 0.25) is 11.8 Å². The first-order chi connectivity index (χ1) is 14.2. The minimum Gasteiger partial charge on any atom is -0.484 e. The molecule has 1 unspecified atom stereocenters. The normalized spacial score (nSPS) is 20.0. The van der Waals surface area contributed by atoms with Crippen LogP contribution in [0.1, 0.15) is 44.2 Å². The topological polar surface area (TPSA) is 79.0 Å². The molecule has 1 N–H and O–H groups in total. The Morgan fingerprint density at radius 1 is 1.20 bits per heavy atom. The molecule has 7 nitrogen and oxygen atoms in total. The molecular formula is C23H33N3O4. The molecule has 0 aromatic heterocycles. The Bertz CT molecular complexity index is 800. The first kappa shape index (κ1) is 22.1. The molecule has 0 spiro atoms. The summed E-state index contributed by atoms with van der Waals surface area (Å²) in [6.45, 7) is 9.65. The van der Waals surface area contributed by atoms with Crippen molar-refractivity contribution < 1.29 is 19.1 Å². The number of aryl methyl sites for hydroxylation is 2. The van der Waals surface area contributed by atoms with E-state index in [2.05, 4.69) is 5.32 Å². The van der Waals surface area contributed by atoms with E-state index in [1.165, 1.54) is 0 Å². The monoisotopic (exact) mass is 415 g/mol. The van der Waals surface area contributed by atoms with Gasteiger partial charge in [-0.2, -0.15) is 0 Å². The molecule has 3 rings (SSSR count). The highest BCUT2D eigenvalue weighted by molar-refractivity contribution is 5.89. The van der Waals surface area contributed by atoms with Gasteiger partial charge >= 0.3 is 0 Å².